The van der Waals surface area contributed by atoms with Gasteiger partial charge in [0, 0.05) is 14.9 Å². The van der Waals surface area contributed by atoms with Crippen molar-refractivity contribution in [3.8, 4) is 0 Å². The van der Waals surface area contributed by atoms with Crippen molar-refractivity contribution in [2.24, 2.45) is 5.84 Å². The quantitative estimate of drug-likeness (QED) is 0.635. The van der Waals surface area contributed by atoms with E-state index in [1.165, 1.54) is 10.4 Å². The van der Waals surface area contributed by atoms with Gasteiger partial charge in [0.25, 0.3) is 0 Å². The highest BCUT2D eigenvalue weighted by Gasteiger charge is 2.17. The molecule has 19 heavy (non-hydrogen) atoms. The van der Waals surface area contributed by atoms with Crippen LogP contribution < -0.4 is 11.3 Å². The molecule has 0 fully saturated rings. The minimum atomic E-state index is 0.0610. The molecule has 3 N–H and O–H groups in total. The van der Waals surface area contributed by atoms with E-state index >= 15 is 0 Å². The Balaban J connectivity index is 2.26. The minimum Gasteiger partial charge on any atom is -0.271 e. The Kier molecular flexibility index (Phi) is 5.25. The summed E-state index contributed by atoms with van der Waals surface area (Å²) in [5, 5.41) is 3.51. The van der Waals surface area contributed by atoms with Crippen LogP contribution in [-0.2, 0) is 12.8 Å². The molecule has 2 nitrogen and oxygen atoms in total. The molecule has 1 aromatic carbocycles. The van der Waals surface area contributed by atoms with E-state index < -0.39 is 0 Å². The summed E-state index contributed by atoms with van der Waals surface area (Å²) in [5.74, 6) is 5.70. The van der Waals surface area contributed by atoms with Crippen LogP contribution in [0.3, 0.4) is 0 Å². The van der Waals surface area contributed by atoms with Gasteiger partial charge in [-0.15, -0.1) is 11.3 Å². The van der Waals surface area contributed by atoms with E-state index in [1.807, 2.05) is 12.1 Å². The van der Waals surface area contributed by atoms with Gasteiger partial charge in [-0.1, -0.05) is 30.1 Å². The highest BCUT2D eigenvalue weighted by molar-refractivity contribution is 7.10. The van der Waals surface area contributed by atoms with Crippen LogP contribution in [0.15, 0.2) is 29.6 Å². The molecular formula is C14H16Cl2N2S. The SMILES string of the molecule is CCc1ccsc1C(Cc1cc(Cl)ccc1Cl)NN. The second-order valence-electron chi connectivity index (χ2n) is 4.32. The first-order valence-electron chi connectivity index (χ1n) is 6.12. The number of hydrazine groups is 1. The molecule has 1 atom stereocenters. The second kappa shape index (κ2) is 6.73. The van der Waals surface area contributed by atoms with Crippen LogP contribution in [0.5, 0.6) is 0 Å². The highest BCUT2D eigenvalue weighted by atomic mass is 35.5. The number of nitrogens with one attached hydrogen (secondary N) is 1. The van der Waals surface area contributed by atoms with E-state index in [2.05, 4.69) is 23.8 Å². The van der Waals surface area contributed by atoms with E-state index in [9.17, 15) is 0 Å². The summed E-state index contributed by atoms with van der Waals surface area (Å²) >= 11 is 13.9. The average molecular weight is 315 g/mol. The fraction of sp³-hybridized carbons (Fsp3) is 0.286. The predicted octanol–water partition coefficient (Wildman–Crippen LogP) is 4.36. The Hall–Kier alpha value is -0.580. The molecule has 1 aromatic heterocycles. The van der Waals surface area contributed by atoms with E-state index in [0.29, 0.717) is 5.02 Å². The Morgan fingerprint density at radius 1 is 1.26 bits per heavy atom. The molecule has 1 unspecified atom stereocenters. The average Bonchev–Trinajstić information content (AvgIpc) is 2.88. The van der Waals surface area contributed by atoms with E-state index in [0.717, 1.165) is 23.4 Å². The van der Waals surface area contributed by atoms with Crippen molar-refractivity contribution in [1.29, 1.82) is 0 Å². The summed E-state index contributed by atoms with van der Waals surface area (Å²) in [6.45, 7) is 2.14. The zero-order valence-corrected chi connectivity index (χ0v) is 12.9. The van der Waals surface area contributed by atoms with E-state index in [1.54, 1.807) is 17.4 Å². The molecule has 0 aliphatic heterocycles. The number of hydrogen-bond acceptors (Lipinski definition) is 3. The highest BCUT2D eigenvalue weighted by Crippen LogP contribution is 2.30. The van der Waals surface area contributed by atoms with Crippen molar-refractivity contribution in [3.05, 3.63) is 55.7 Å². The van der Waals surface area contributed by atoms with Gasteiger partial charge in [0.1, 0.15) is 0 Å². The summed E-state index contributed by atoms with van der Waals surface area (Å²) < 4.78 is 0. The zero-order valence-electron chi connectivity index (χ0n) is 10.6. The molecule has 2 rings (SSSR count). The van der Waals surface area contributed by atoms with Gasteiger partial charge in [-0.3, -0.25) is 11.3 Å². The van der Waals surface area contributed by atoms with Gasteiger partial charge in [0.05, 0.1) is 6.04 Å². The maximum atomic E-state index is 6.21. The van der Waals surface area contributed by atoms with Crippen LogP contribution in [0.2, 0.25) is 10.0 Å². The summed E-state index contributed by atoms with van der Waals surface area (Å²) in [4.78, 5) is 1.26. The van der Waals surface area contributed by atoms with Gasteiger partial charge < -0.3 is 0 Å². The van der Waals surface area contributed by atoms with Crippen molar-refractivity contribution in [1.82, 2.24) is 5.43 Å². The standard InChI is InChI=1S/C14H16Cl2N2S/c1-2-9-5-6-19-14(9)13(18-17)8-10-7-11(15)3-4-12(10)16/h3-7,13,18H,2,8,17H2,1H3. The van der Waals surface area contributed by atoms with Crippen LogP contribution in [0.25, 0.3) is 0 Å². The van der Waals surface area contributed by atoms with E-state index in [4.69, 9.17) is 29.0 Å². The van der Waals surface area contributed by atoms with Crippen molar-refractivity contribution in [2.45, 2.75) is 25.8 Å². The number of rotatable bonds is 5. The third-order valence-corrected chi connectivity index (χ3v) is 4.79. The fourth-order valence-electron chi connectivity index (χ4n) is 2.09. The monoisotopic (exact) mass is 314 g/mol. The van der Waals surface area contributed by atoms with E-state index in [-0.39, 0.29) is 6.04 Å². The molecule has 0 aliphatic rings. The maximum absolute atomic E-state index is 6.21. The lowest BCUT2D eigenvalue weighted by Gasteiger charge is -2.17. The Bertz CT molecular complexity index is 554. The van der Waals surface area contributed by atoms with Gasteiger partial charge in [0.2, 0.25) is 0 Å². The number of benzene rings is 1. The molecule has 0 bridgehead atoms. The molecule has 0 spiro atoms. The Morgan fingerprint density at radius 3 is 2.74 bits per heavy atom. The third kappa shape index (κ3) is 3.50. The molecule has 0 amide bonds. The van der Waals surface area contributed by atoms with Gasteiger partial charge in [-0.2, -0.15) is 0 Å². The van der Waals surface area contributed by atoms with Crippen LogP contribution in [0, 0.1) is 0 Å². The molecule has 2 aromatic rings. The third-order valence-electron chi connectivity index (χ3n) is 3.11. The Morgan fingerprint density at radius 2 is 2.05 bits per heavy atom. The fourth-order valence-corrected chi connectivity index (χ4v) is 3.54. The first-order chi connectivity index (χ1) is 9.15. The first kappa shape index (κ1) is 14.8. The molecule has 0 saturated carbocycles. The Labute approximate surface area is 127 Å². The minimum absolute atomic E-state index is 0.0610. The first-order valence-corrected chi connectivity index (χ1v) is 7.75. The number of aryl methyl sites for hydroxylation is 1. The summed E-state index contributed by atoms with van der Waals surface area (Å²) in [7, 11) is 0. The van der Waals surface area contributed by atoms with Crippen LogP contribution in [0.1, 0.15) is 29.0 Å². The lowest BCUT2D eigenvalue weighted by molar-refractivity contribution is 0.557. The molecule has 0 saturated heterocycles. The molecule has 5 heteroatoms. The predicted molar refractivity (Wildman–Crippen MR) is 83.9 cm³/mol. The number of nitrogens with two attached hydrogens (primary N) is 1. The summed E-state index contributed by atoms with van der Waals surface area (Å²) in [5.41, 5.74) is 5.22. The summed E-state index contributed by atoms with van der Waals surface area (Å²) in [6, 6.07) is 7.71. The van der Waals surface area contributed by atoms with Crippen LogP contribution in [0.4, 0.5) is 0 Å². The van der Waals surface area contributed by atoms with Gasteiger partial charge in [-0.25, -0.2) is 0 Å². The smallest absolute Gasteiger partial charge is 0.0596 e. The molecule has 0 aliphatic carbocycles. The summed E-state index contributed by atoms with van der Waals surface area (Å²) in [6.07, 6.45) is 1.73. The number of thiophene rings is 1. The molecule has 0 radical (unpaired) electrons. The van der Waals surface area contributed by atoms with Crippen LogP contribution in [-0.4, -0.2) is 0 Å². The number of halogens is 2. The van der Waals surface area contributed by atoms with Crippen molar-refractivity contribution in [2.75, 3.05) is 0 Å². The molecular weight excluding hydrogens is 299 g/mol. The van der Waals surface area contributed by atoms with Crippen molar-refractivity contribution < 1.29 is 0 Å². The zero-order chi connectivity index (χ0) is 13.8. The normalized spacial score (nSPS) is 12.6. The second-order valence-corrected chi connectivity index (χ2v) is 6.11. The topological polar surface area (TPSA) is 38.0 Å². The van der Waals surface area contributed by atoms with Gasteiger partial charge >= 0.3 is 0 Å². The van der Waals surface area contributed by atoms with Crippen LogP contribution >= 0.6 is 34.5 Å². The molecule has 102 valence electrons. The largest absolute Gasteiger partial charge is 0.271 e. The molecule has 1 heterocycles. The van der Waals surface area contributed by atoms with Gasteiger partial charge in [-0.05, 0) is 53.6 Å². The lowest BCUT2D eigenvalue weighted by Crippen LogP contribution is -2.29. The number of hydrogen-bond donors (Lipinski definition) is 2. The van der Waals surface area contributed by atoms with Crippen molar-refractivity contribution in [3.63, 3.8) is 0 Å². The lowest BCUT2D eigenvalue weighted by atomic mass is 10.0. The van der Waals surface area contributed by atoms with Gasteiger partial charge in [0.15, 0.2) is 0 Å². The maximum Gasteiger partial charge on any atom is 0.0596 e. The van der Waals surface area contributed by atoms with Crippen molar-refractivity contribution >= 4 is 34.5 Å².